The Hall–Kier alpha value is -3.73. The molecule has 0 amide bonds. The van der Waals surface area contributed by atoms with Gasteiger partial charge in [-0.05, 0) is 27.7 Å². The molecule has 168 valence electrons. The van der Waals surface area contributed by atoms with E-state index in [1.165, 1.54) is 12.1 Å². The van der Waals surface area contributed by atoms with Gasteiger partial charge in [0, 0.05) is 22.9 Å². The van der Waals surface area contributed by atoms with E-state index in [2.05, 4.69) is 10.3 Å². The van der Waals surface area contributed by atoms with Gasteiger partial charge in [-0.1, -0.05) is 18.2 Å². The fourth-order valence-electron chi connectivity index (χ4n) is 3.58. The molecule has 0 aliphatic carbocycles. The maximum atomic E-state index is 12.3. The van der Waals surface area contributed by atoms with E-state index < -0.39 is 23.0 Å². The summed E-state index contributed by atoms with van der Waals surface area (Å²) in [6.07, 6.45) is -1.55. The van der Waals surface area contributed by atoms with E-state index in [-0.39, 0.29) is 23.6 Å². The van der Waals surface area contributed by atoms with Crippen LogP contribution in [0.5, 0.6) is 0 Å². The van der Waals surface area contributed by atoms with Crippen LogP contribution in [0.4, 0.5) is 10.5 Å². The van der Waals surface area contributed by atoms with Crippen molar-refractivity contribution in [2.24, 2.45) is 0 Å². The monoisotopic (exact) mass is 459 g/mol. The van der Waals surface area contributed by atoms with Crippen LogP contribution in [0.25, 0.3) is 5.57 Å². The molecule has 11 heteroatoms. The third-order valence-corrected chi connectivity index (χ3v) is 6.00. The number of para-hydroxylation sites is 1. The highest BCUT2D eigenvalue weighted by Gasteiger charge is 2.38. The molecule has 0 radical (unpaired) electrons. The topological polar surface area (TPSA) is 141 Å². The second-order valence-electron chi connectivity index (χ2n) is 6.92. The second kappa shape index (κ2) is 9.18. The van der Waals surface area contributed by atoms with Crippen LogP contribution in [0.3, 0.4) is 0 Å². The molecule has 2 aromatic rings. The summed E-state index contributed by atoms with van der Waals surface area (Å²) in [6, 6.07) is 6.05. The first-order valence-electron chi connectivity index (χ1n) is 9.63. The fourth-order valence-corrected chi connectivity index (χ4v) is 4.67. The summed E-state index contributed by atoms with van der Waals surface area (Å²) >= 11 is 1.07. The zero-order valence-corrected chi connectivity index (χ0v) is 18.6. The number of hydrogen-bond donors (Lipinski definition) is 2. The first kappa shape index (κ1) is 22.9. The molecule has 1 aromatic carbocycles. The number of carboxylic acid groups (broad SMARTS) is 1. The Labute approximate surface area is 187 Å². The Morgan fingerprint density at radius 3 is 2.56 bits per heavy atom. The minimum Gasteiger partial charge on any atom is -0.462 e. The minimum atomic E-state index is -1.55. The third-order valence-electron chi connectivity index (χ3n) is 4.83. The maximum Gasteiger partial charge on any atom is 0.511 e. The lowest BCUT2D eigenvalue weighted by molar-refractivity contribution is -0.385. The number of aryl methyl sites for hydroxylation is 1. The number of esters is 1. The van der Waals surface area contributed by atoms with Gasteiger partial charge in [-0.15, -0.1) is 11.3 Å². The van der Waals surface area contributed by atoms with E-state index in [1.54, 1.807) is 39.8 Å². The Bertz CT molecular complexity index is 1170. The largest absolute Gasteiger partial charge is 0.511 e. The van der Waals surface area contributed by atoms with Gasteiger partial charge in [-0.3, -0.25) is 10.1 Å². The zero-order valence-electron chi connectivity index (χ0n) is 17.8. The van der Waals surface area contributed by atoms with E-state index >= 15 is 0 Å². The Balaban J connectivity index is 2.25. The quantitative estimate of drug-likeness (QED) is 0.360. The van der Waals surface area contributed by atoms with Gasteiger partial charge in [0.05, 0.1) is 28.8 Å². The number of nitrogens with one attached hydrogen (secondary N) is 1. The van der Waals surface area contributed by atoms with Crippen molar-refractivity contribution in [1.82, 2.24) is 10.3 Å². The van der Waals surface area contributed by atoms with Gasteiger partial charge in [-0.2, -0.15) is 0 Å². The molecule has 0 saturated heterocycles. The molecule has 0 bridgehead atoms. The van der Waals surface area contributed by atoms with Crippen molar-refractivity contribution >= 4 is 34.7 Å². The molecule has 1 unspecified atom stereocenters. The predicted molar refractivity (Wildman–Crippen MR) is 116 cm³/mol. The summed E-state index contributed by atoms with van der Waals surface area (Å²) in [5, 5.41) is 24.5. The molecule has 0 saturated carbocycles. The summed E-state index contributed by atoms with van der Waals surface area (Å²) in [5.74, 6) is -1.46. The molecule has 2 heterocycles. The van der Waals surface area contributed by atoms with Crippen molar-refractivity contribution < 1.29 is 29.1 Å². The van der Waals surface area contributed by atoms with Gasteiger partial charge in [-0.25, -0.2) is 14.6 Å². The molecule has 10 nitrogen and oxygen atoms in total. The van der Waals surface area contributed by atoms with Crippen molar-refractivity contribution in [1.29, 1.82) is 0 Å². The predicted octanol–water partition coefficient (Wildman–Crippen LogP) is 4.58. The van der Waals surface area contributed by atoms with E-state index in [1.807, 2.05) is 0 Å². The number of dihydropyridines is 1. The molecule has 1 atom stereocenters. The molecule has 0 fully saturated rings. The van der Waals surface area contributed by atoms with Crippen molar-refractivity contribution in [3.8, 4) is 0 Å². The Kier molecular flexibility index (Phi) is 6.58. The molecule has 2 N–H and O–H groups in total. The summed E-state index contributed by atoms with van der Waals surface area (Å²) in [7, 11) is 0. The van der Waals surface area contributed by atoms with Gasteiger partial charge in [0.1, 0.15) is 15.6 Å². The number of nitro benzene ring substituents is 1. The van der Waals surface area contributed by atoms with Gasteiger partial charge >= 0.3 is 12.1 Å². The van der Waals surface area contributed by atoms with Gasteiger partial charge in [0.25, 0.3) is 5.69 Å². The first-order chi connectivity index (χ1) is 15.1. The van der Waals surface area contributed by atoms with E-state index in [4.69, 9.17) is 9.47 Å². The summed E-state index contributed by atoms with van der Waals surface area (Å²) in [4.78, 5) is 39.8. The van der Waals surface area contributed by atoms with Gasteiger partial charge in [0.15, 0.2) is 0 Å². The fraction of sp³-hybridized carbons (Fsp3) is 0.286. The number of benzene rings is 1. The smallest absolute Gasteiger partial charge is 0.462 e. The minimum absolute atomic E-state index is 0.00191. The number of nitrogens with zero attached hydrogens (tertiary/aromatic N) is 2. The van der Waals surface area contributed by atoms with Crippen LogP contribution >= 0.6 is 11.3 Å². The molecule has 1 aliphatic rings. The van der Waals surface area contributed by atoms with Gasteiger partial charge in [0.2, 0.25) is 0 Å². The molecule has 0 spiro atoms. The summed E-state index contributed by atoms with van der Waals surface area (Å²) < 4.78 is 10.2. The van der Waals surface area contributed by atoms with Crippen molar-refractivity contribution in [3.63, 3.8) is 0 Å². The van der Waals surface area contributed by atoms with E-state index in [0.717, 1.165) is 11.3 Å². The lowest BCUT2D eigenvalue weighted by Crippen LogP contribution is -2.26. The van der Waals surface area contributed by atoms with Crippen LogP contribution in [0, 0.1) is 17.0 Å². The van der Waals surface area contributed by atoms with Crippen LogP contribution in [-0.2, 0) is 9.47 Å². The van der Waals surface area contributed by atoms with Crippen LogP contribution in [0.2, 0.25) is 0 Å². The maximum absolute atomic E-state index is 12.3. The second-order valence-corrected chi connectivity index (χ2v) is 7.92. The Morgan fingerprint density at radius 1 is 1.25 bits per heavy atom. The highest BCUT2D eigenvalue weighted by Crippen LogP contribution is 2.47. The number of allylic oxidation sites excluding steroid dienone is 3. The standard InChI is InChI=1S/C21H21N3O7S/c1-5-30-20(25)18-12(4)23-19(32-18)15-10(2)22-11(3)17(31-21(26)27)16(15)13-8-6-7-9-14(13)24(28)29/h6-9,16,22H,5H2,1-4H3,(H,26,27). The lowest BCUT2D eigenvalue weighted by atomic mass is 9.84. The number of thiazole rings is 1. The summed E-state index contributed by atoms with van der Waals surface area (Å²) in [5.41, 5.74) is 1.97. The van der Waals surface area contributed by atoms with Crippen molar-refractivity contribution in [2.45, 2.75) is 33.6 Å². The number of carbonyl (C=O) groups excluding carboxylic acids is 1. The van der Waals surface area contributed by atoms with Crippen LogP contribution in [-0.4, -0.2) is 33.7 Å². The third kappa shape index (κ3) is 4.33. The Morgan fingerprint density at radius 2 is 1.94 bits per heavy atom. The van der Waals surface area contributed by atoms with Gasteiger partial charge < -0.3 is 19.9 Å². The highest BCUT2D eigenvalue weighted by molar-refractivity contribution is 7.14. The van der Waals surface area contributed by atoms with Crippen LogP contribution in [0.1, 0.15) is 52.6 Å². The molecular weight excluding hydrogens is 438 g/mol. The van der Waals surface area contributed by atoms with Crippen LogP contribution < -0.4 is 5.32 Å². The number of rotatable bonds is 6. The average Bonchev–Trinajstić information content (AvgIpc) is 3.10. The average molecular weight is 459 g/mol. The van der Waals surface area contributed by atoms with E-state index in [0.29, 0.717) is 32.5 Å². The lowest BCUT2D eigenvalue weighted by Gasteiger charge is -2.30. The summed E-state index contributed by atoms with van der Waals surface area (Å²) in [6.45, 7) is 6.93. The van der Waals surface area contributed by atoms with Crippen molar-refractivity contribution in [2.75, 3.05) is 6.61 Å². The van der Waals surface area contributed by atoms with E-state index in [9.17, 15) is 24.8 Å². The molecule has 3 rings (SSSR count). The van der Waals surface area contributed by atoms with Crippen LogP contribution in [0.15, 0.2) is 41.4 Å². The highest BCUT2D eigenvalue weighted by atomic mass is 32.1. The molecule has 1 aliphatic heterocycles. The normalized spacial score (nSPS) is 15.9. The number of carbonyl (C=O) groups is 2. The zero-order chi connectivity index (χ0) is 23.6. The molecule has 1 aromatic heterocycles. The number of hydrogen-bond acceptors (Lipinski definition) is 9. The van der Waals surface area contributed by atoms with Crippen molar-refractivity contribution in [3.05, 3.63) is 72.7 Å². The number of nitro groups is 1. The SMILES string of the molecule is CCOC(=O)c1sc(C2=C(C)NC(C)=C(OC(=O)O)C2c2ccccc2[N+](=O)[O-])nc1C. The molecular formula is C21H21N3O7S. The first-order valence-corrected chi connectivity index (χ1v) is 10.4. The number of ether oxygens (including phenoxy) is 2. The number of aromatic nitrogens is 1. The molecule has 32 heavy (non-hydrogen) atoms.